The van der Waals surface area contributed by atoms with Crippen LogP contribution in [0.15, 0.2) is 78.9 Å². The van der Waals surface area contributed by atoms with Crippen molar-refractivity contribution >= 4 is 21.7 Å². The van der Waals surface area contributed by atoms with Crippen LogP contribution in [0.25, 0.3) is 27.4 Å². The Balaban J connectivity index is 0.000000264. The summed E-state index contributed by atoms with van der Waals surface area (Å²) in [6.45, 7) is 0. The Morgan fingerprint density at radius 1 is 0.963 bits per heavy atom. The molecule has 1 aromatic heterocycles. The quantitative estimate of drug-likeness (QED) is 0.315. The van der Waals surface area contributed by atoms with E-state index in [9.17, 15) is 0 Å². The SMILES string of the molecule is [C-]1=CC=CC1.[Zr+2].c1ccc2[cH-]c(-n3c4c(c5ccccc53)CCC4)cc2c1. The van der Waals surface area contributed by atoms with Crippen LogP contribution in [-0.2, 0) is 39.0 Å². The molecule has 0 amide bonds. The third-order valence-electron chi connectivity index (χ3n) is 5.38. The molecule has 0 fully saturated rings. The number of aryl methyl sites for hydroxylation is 1. The summed E-state index contributed by atoms with van der Waals surface area (Å²) in [5, 5.41) is 4.10. The first-order valence-corrected chi connectivity index (χ1v) is 9.40. The van der Waals surface area contributed by atoms with Gasteiger partial charge in [-0.3, -0.25) is 6.08 Å². The maximum Gasteiger partial charge on any atom is 2.00 e. The summed E-state index contributed by atoms with van der Waals surface area (Å²) in [5.74, 6) is 0. The average Bonchev–Trinajstić information content (AvgIpc) is 3.45. The zero-order valence-electron chi connectivity index (χ0n) is 15.3. The Labute approximate surface area is 179 Å². The normalized spacial score (nSPS) is 14.2. The van der Waals surface area contributed by atoms with Gasteiger partial charge in [0.2, 0.25) is 0 Å². The molecule has 2 aliphatic carbocycles. The molecule has 1 heterocycles. The van der Waals surface area contributed by atoms with Crippen molar-refractivity contribution in [2.24, 2.45) is 0 Å². The molecule has 0 radical (unpaired) electrons. The number of allylic oxidation sites excluding steroid dienone is 4. The molecule has 3 aromatic carbocycles. The summed E-state index contributed by atoms with van der Waals surface area (Å²) >= 11 is 0. The van der Waals surface area contributed by atoms with Gasteiger partial charge in [-0.15, -0.1) is 47.5 Å². The molecule has 2 heteroatoms. The molecular weight excluding hydrogens is 406 g/mol. The first-order chi connectivity index (χ1) is 12.9. The maximum atomic E-state index is 2.99. The van der Waals surface area contributed by atoms with Crippen LogP contribution < -0.4 is 0 Å². The Morgan fingerprint density at radius 2 is 1.81 bits per heavy atom. The molecule has 2 aliphatic rings. The van der Waals surface area contributed by atoms with Gasteiger partial charge in [-0.2, -0.15) is 6.08 Å². The van der Waals surface area contributed by atoms with Crippen molar-refractivity contribution in [2.75, 3.05) is 0 Å². The molecular formula is C25H21NZr. The first kappa shape index (κ1) is 18.3. The van der Waals surface area contributed by atoms with E-state index in [0.717, 1.165) is 6.42 Å². The second-order valence-electron chi connectivity index (χ2n) is 6.98. The van der Waals surface area contributed by atoms with Crippen LogP contribution in [0.2, 0.25) is 0 Å². The second kappa shape index (κ2) is 7.91. The van der Waals surface area contributed by atoms with Crippen molar-refractivity contribution in [3.8, 4) is 5.69 Å². The minimum Gasteiger partial charge on any atom is -0.332 e. The average molecular weight is 427 g/mol. The summed E-state index contributed by atoms with van der Waals surface area (Å²) in [6.07, 6.45) is 13.7. The van der Waals surface area contributed by atoms with Crippen LogP contribution in [0.4, 0.5) is 0 Å². The van der Waals surface area contributed by atoms with E-state index in [4.69, 9.17) is 0 Å². The van der Waals surface area contributed by atoms with E-state index in [1.54, 1.807) is 5.56 Å². The van der Waals surface area contributed by atoms with Crippen LogP contribution in [0.3, 0.4) is 0 Å². The summed E-state index contributed by atoms with van der Waals surface area (Å²) in [6, 6.07) is 22.1. The number of aromatic nitrogens is 1. The van der Waals surface area contributed by atoms with Crippen molar-refractivity contribution < 1.29 is 26.2 Å². The third-order valence-corrected chi connectivity index (χ3v) is 5.38. The van der Waals surface area contributed by atoms with Gasteiger partial charge in [0.25, 0.3) is 0 Å². The van der Waals surface area contributed by atoms with E-state index in [2.05, 4.69) is 77.4 Å². The Kier molecular flexibility index (Phi) is 5.36. The number of rotatable bonds is 1. The van der Waals surface area contributed by atoms with Gasteiger partial charge < -0.3 is 4.57 Å². The molecule has 0 atom stereocenters. The Morgan fingerprint density at radius 3 is 2.59 bits per heavy atom. The number of hydrogen-bond acceptors (Lipinski definition) is 0. The monoisotopic (exact) mass is 425 g/mol. The summed E-state index contributed by atoms with van der Waals surface area (Å²) in [5.41, 5.74) is 5.76. The molecule has 0 spiro atoms. The molecule has 1 nitrogen and oxygen atoms in total. The van der Waals surface area contributed by atoms with Crippen LogP contribution in [-0.4, -0.2) is 4.57 Å². The maximum absolute atomic E-state index is 2.99. The van der Waals surface area contributed by atoms with E-state index in [-0.39, 0.29) is 26.2 Å². The molecule has 0 saturated heterocycles. The zero-order chi connectivity index (χ0) is 17.3. The topological polar surface area (TPSA) is 4.93 Å². The Bertz CT molecular complexity index is 1100. The third kappa shape index (κ3) is 3.32. The predicted octanol–water partition coefficient (Wildman–Crippen LogP) is 6.29. The predicted molar refractivity (Wildman–Crippen MR) is 110 cm³/mol. The molecule has 0 N–H and O–H groups in total. The fourth-order valence-corrected chi connectivity index (χ4v) is 4.23. The minimum absolute atomic E-state index is 0. The van der Waals surface area contributed by atoms with Gasteiger partial charge in [0.15, 0.2) is 0 Å². The summed E-state index contributed by atoms with van der Waals surface area (Å²) < 4.78 is 2.48. The molecule has 0 saturated carbocycles. The molecule has 6 rings (SSSR count). The molecule has 130 valence electrons. The zero-order valence-corrected chi connectivity index (χ0v) is 17.7. The van der Waals surface area contributed by atoms with Crippen LogP contribution in [0.1, 0.15) is 24.1 Å². The second-order valence-corrected chi connectivity index (χ2v) is 6.98. The fraction of sp³-hybridized carbons (Fsp3) is 0.160. The molecule has 4 aromatic rings. The van der Waals surface area contributed by atoms with Gasteiger partial charge in [-0.1, -0.05) is 24.3 Å². The number of benzene rings is 2. The number of hydrogen-bond donors (Lipinski definition) is 0. The molecule has 27 heavy (non-hydrogen) atoms. The first-order valence-electron chi connectivity index (χ1n) is 9.40. The van der Waals surface area contributed by atoms with E-state index >= 15 is 0 Å². The van der Waals surface area contributed by atoms with Gasteiger partial charge in [0.05, 0.1) is 5.52 Å². The molecule has 0 bridgehead atoms. The molecule has 0 unspecified atom stereocenters. The van der Waals surface area contributed by atoms with Crippen molar-refractivity contribution in [3.63, 3.8) is 0 Å². The van der Waals surface area contributed by atoms with Crippen LogP contribution in [0, 0.1) is 6.08 Å². The Hall–Kier alpha value is -2.05. The summed E-state index contributed by atoms with van der Waals surface area (Å²) in [7, 11) is 0. The van der Waals surface area contributed by atoms with Crippen molar-refractivity contribution in [1.29, 1.82) is 0 Å². The number of fused-ring (bicyclic) bond motifs is 4. The van der Waals surface area contributed by atoms with Gasteiger partial charge >= 0.3 is 26.2 Å². The number of nitrogens with zero attached hydrogens (tertiary/aromatic N) is 1. The van der Waals surface area contributed by atoms with Gasteiger partial charge in [0, 0.05) is 11.1 Å². The smallest absolute Gasteiger partial charge is 0.332 e. The van der Waals surface area contributed by atoms with E-state index in [1.165, 1.54) is 52.3 Å². The minimum atomic E-state index is 0. The number of para-hydroxylation sites is 1. The van der Waals surface area contributed by atoms with Gasteiger partial charge in [0.1, 0.15) is 0 Å². The van der Waals surface area contributed by atoms with Crippen molar-refractivity contribution in [3.05, 3.63) is 96.2 Å². The van der Waals surface area contributed by atoms with Crippen molar-refractivity contribution in [2.45, 2.75) is 25.7 Å². The standard InChI is InChI=1S/C20H16N.C5H5.Zr/c1-2-7-15-13-16(12-14(15)6-1)21-19-10-4-3-8-17(19)18-9-5-11-20(18)21;1-2-4-5-3-1;/h1-4,6-8,10,12-13H,5,9,11H2;1-3H,4H2;/q2*-1;+2. The van der Waals surface area contributed by atoms with Gasteiger partial charge in [-0.05, 0) is 36.6 Å². The summed E-state index contributed by atoms with van der Waals surface area (Å²) in [4.78, 5) is 0. The fourth-order valence-electron chi connectivity index (χ4n) is 4.23. The largest absolute Gasteiger partial charge is 2.00 e. The van der Waals surface area contributed by atoms with Gasteiger partial charge in [-0.25, -0.2) is 12.2 Å². The van der Waals surface area contributed by atoms with E-state index < -0.39 is 0 Å². The van der Waals surface area contributed by atoms with Crippen molar-refractivity contribution in [1.82, 2.24) is 4.57 Å². The van der Waals surface area contributed by atoms with Crippen LogP contribution >= 0.6 is 0 Å². The van der Waals surface area contributed by atoms with Crippen LogP contribution in [0.5, 0.6) is 0 Å². The van der Waals surface area contributed by atoms with E-state index in [0.29, 0.717) is 0 Å². The van der Waals surface area contributed by atoms with E-state index in [1.807, 2.05) is 12.2 Å². The molecule has 0 aliphatic heterocycles.